The Morgan fingerprint density at radius 2 is 1.62 bits per heavy atom. The smallest absolute Gasteiger partial charge is 0.295 e. The van der Waals surface area contributed by atoms with E-state index in [9.17, 15) is 14.7 Å². The Kier molecular flexibility index (Phi) is 7.98. The number of nitrogens with zero attached hydrogens (tertiary/aromatic N) is 2. The molecule has 6 heteroatoms. The Morgan fingerprint density at radius 3 is 2.24 bits per heavy atom. The monoisotopic (exact) mass is 500 g/mol. The van der Waals surface area contributed by atoms with Gasteiger partial charge in [-0.2, -0.15) is 0 Å². The van der Waals surface area contributed by atoms with E-state index in [1.54, 1.807) is 18.1 Å². The first-order valence-electron chi connectivity index (χ1n) is 13.0. The molecule has 4 rings (SSSR count). The van der Waals surface area contributed by atoms with Crippen molar-refractivity contribution in [2.24, 2.45) is 0 Å². The topological polar surface area (TPSA) is 70.1 Å². The number of aliphatic hydroxyl groups is 1. The van der Waals surface area contributed by atoms with Gasteiger partial charge in [-0.1, -0.05) is 70.2 Å². The molecule has 1 amide bonds. The van der Waals surface area contributed by atoms with Crippen molar-refractivity contribution in [2.75, 3.05) is 33.3 Å². The molecule has 0 saturated carbocycles. The average Bonchev–Trinajstić information content (AvgIpc) is 3.17. The van der Waals surface area contributed by atoms with Gasteiger partial charge in [-0.3, -0.25) is 9.59 Å². The molecule has 1 aliphatic rings. The summed E-state index contributed by atoms with van der Waals surface area (Å²) in [6.07, 6.45) is 0. The SMILES string of the molecule is CCN(CC)CCN1C(=O)C(=O)/C(=C(/O)c2ccc3cc(OC)ccc3c2)C1c1ccc(C(C)C)cc1. The molecule has 3 aromatic rings. The van der Waals surface area contributed by atoms with E-state index in [1.165, 1.54) is 5.56 Å². The molecule has 194 valence electrons. The largest absolute Gasteiger partial charge is 0.507 e. The molecule has 0 spiro atoms. The van der Waals surface area contributed by atoms with Crippen LogP contribution in [0.1, 0.15) is 56.3 Å². The van der Waals surface area contributed by atoms with E-state index in [0.29, 0.717) is 24.6 Å². The number of ether oxygens (including phenoxy) is 1. The average molecular weight is 501 g/mol. The lowest BCUT2D eigenvalue weighted by Gasteiger charge is -2.28. The second-order valence-electron chi connectivity index (χ2n) is 9.77. The lowest BCUT2D eigenvalue weighted by Crippen LogP contribution is -2.38. The number of carbonyl (C=O) groups excluding carboxylic acids is 2. The summed E-state index contributed by atoms with van der Waals surface area (Å²) in [6, 6.07) is 18.5. The predicted octanol–water partition coefficient (Wildman–Crippen LogP) is 5.74. The summed E-state index contributed by atoms with van der Waals surface area (Å²) in [5.41, 5.74) is 2.63. The van der Waals surface area contributed by atoms with E-state index >= 15 is 0 Å². The number of hydrogen-bond donors (Lipinski definition) is 1. The summed E-state index contributed by atoms with van der Waals surface area (Å²) in [5, 5.41) is 13.3. The summed E-state index contributed by atoms with van der Waals surface area (Å²) >= 11 is 0. The van der Waals surface area contributed by atoms with E-state index in [4.69, 9.17) is 4.74 Å². The molecule has 0 aromatic heterocycles. The summed E-state index contributed by atoms with van der Waals surface area (Å²) in [5.74, 6) is -0.270. The molecular weight excluding hydrogens is 464 g/mol. The summed E-state index contributed by atoms with van der Waals surface area (Å²) in [7, 11) is 1.62. The van der Waals surface area contributed by atoms with Crippen LogP contribution in [0.15, 0.2) is 66.2 Å². The second-order valence-corrected chi connectivity index (χ2v) is 9.77. The number of ketones is 1. The molecule has 3 aromatic carbocycles. The van der Waals surface area contributed by atoms with Crippen LogP contribution in [0.4, 0.5) is 0 Å². The van der Waals surface area contributed by atoms with Gasteiger partial charge in [0.25, 0.3) is 11.7 Å². The van der Waals surface area contributed by atoms with Gasteiger partial charge in [0, 0.05) is 18.7 Å². The van der Waals surface area contributed by atoms with Gasteiger partial charge >= 0.3 is 0 Å². The molecule has 1 fully saturated rings. The maximum atomic E-state index is 13.4. The van der Waals surface area contributed by atoms with Crippen molar-refractivity contribution in [2.45, 2.75) is 39.7 Å². The maximum absolute atomic E-state index is 13.4. The number of carbonyl (C=O) groups is 2. The maximum Gasteiger partial charge on any atom is 0.295 e. The number of Topliss-reactive ketones (excluding diaryl/α,β-unsaturated/α-hetero) is 1. The zero-order valence-corrected chi connectivity index (χ0v) is 22.3. The predicted molar refractivity (Wildman–Crippen MR) is 148 cm³/mol. The van der Waals surface area contributed by atoms with Gasteiger partial charge in [-0.25, -0.2) is 0 Å². The van der Waals surface area contributed by atoms with Gasteiger partial charge < -0.3 is 19.6 Å². The van der Waals surface area contributed by atoms with E-state index in [0.717, 1.165) is 35.2 Å². The minimum absolute atomic E-state index is 0.134. The molecule has 1 aliphatic heterocycles. The first-order valence-corrected chi connectivity index (χ1v) is 13.0. The van der Waals surface area contributed by atoms with Crippen LogP contribution in [0, 0.1) is 0 Å². The van der Waals surface area contributed by atoms with Crippen LogP contribution in [0.3, 0.4) is 0 Å². The number of fused-ring (bicyclic) bond motifs is 1. The Labute approximate surface area is 219 Å². The molecule has 1 unspecified atom stereocenters. The minimum atomic E-state index is -0.650. The molecule has 1 saturated heterocycles. The van der Waals surface area contributed by atoms with Gasteiger partial charge in [0.2, 0.25) is 0 Å². The van der Waals surface area contributed by atoms with Crippen LogP contribution in [0.5, 0.6) is 5.75 Å². The Morgan fingerprint density at radius 1 is 0.973 bits per heavy atom. The molecule has 1 heterocycles. The van der Waals surface area contributed by atoms with Gasteiger partial charge in [0.1, 0.15) is 11.5 Å². The Bertz CT molecular complexity index is 1320. The molecule has 6 nitrogen and oxygen atoms in total. The highest BCUT2D eigenvalue weighted by molar-refractivity contribution is 6.46. The molecule has 37 heavy (non-hydrogen) atoms. The molecule has 0 aliphatic carbocycles. The standard InChI is InChI=1S/C31H36N2O4/c1-6-32(7-2)16-17-33-28(22-10-8-21(9-11-22)20(3)4)27(30(35)31(33)36)29(34)25-13-12-24-19-26(37-5)15-14-23(24)18-25/h8-15,18-20,28,34H,6-7,16-17H2,1-5H3/b29-27+. The van der Waals surface area contributed by atoms with Crippen molar-refractivity contribution < 1.29 is 19.4 Å². The van der Waals surface area contributed by atoms with Crippen molar-refractivity contribution >= 4 is 28.2 Å². The lowest BCUT2D eigenvalue weighted by atomic mass is 9.92. The molecule has 1 atom stereocenters. The fraction of sp³-hybridized carbons (Fsp3) is 0.355. The Balaban J connectivity index is 1.81. The normalized spacial score (nSPS) is 17.4. The highest BCUT2D eigenvalue weighted by Crippen LogP contribution is 2.40. The minimum Gasteiger partial charge on any atom is -0.507 e. The fourth-order valence-electron chi connectivity index (χ4n) is 4.96. The quantitative estimate of drug-likeness (QED) is 0.231. The third kappa shape index (κ3) is 5.25. The van der Waals surface area contributed by atoms with Crippen LogP contribution in [-0.2, 0) is 9.59 Å². The molecule has 0 radical (unpaired) electrons. The number of likely N-dealkylation sites (tertiary alicyclic amines) is 1. The number of benzene rings is 3. The van der Waals surface area contributed by atoms with E-state index in [-0.39, 0.29) is 11.3 Å². The molecular formula is C31H36N2O4. The van der Waals surface area contributed by atoms with Crippen LogP contribution in [-0.4, -0.2) is 59.9 Å². The van der Waals surface area contributed by atoms with Gasteiger partial charge in [-0.15, -0.1) is 0 Å². The number of hydrogen-bond acceptors (Lipinski definition) is 5. The summed E-state index contributed by atoms with van der Waals surface area (Å²) < 4.78 is 5.31. The second kappa shape index (κ2) is 11.2. The molecule has 1 N–H and O–H groups in total. The number of methoxy groups -OCH3 is 1. The third-order valence-corrected chi connectivity index (χ3v) is 7.33. The Hall–Kier alpha value is -3.64. The van der Waals surface area contributed by atoms with Crippen molar-refractivity contribution in [1.82, 2.24) is 9.80 Å². The van der Waals surface area contributed by atoms with Crippen LogP contribution in [0.2, 0.25) is 0 Å². The fourth-order valence-corrected chi connectivity index (χ4v) is 4.96. The highest BCUT2D eigenvalue weighted by atomic mass is 16.5. The third-order valence-electron chi connectivity index (χ3n) is 7.33. The highest BCUT2D eigenvalue weighted by Gasteiger charge is 2.46. The van der Waals surface area contributed by atoms with E-state index in [1.807, 2.05) is 54.6 Å². The first kappa shape index (κ1) is 26.4. The summed E-state index contributed by atoms with van der Waals surface area (Å²) in [4.78, 5) is 30.5. The van der Waals surface area contributed by atoms with Gasteiger partial charge in [0.05, 0.1) is 18.7 Å². The number of aliphatic hydroxyl groups excluding tert-OH is 1. The zero-order chi connectivity index (χ0) is 26.7. The van der Waals surface area contributed by atoms with Gasteiger partial charge in [-0.05, 0) is 59.1 Å². The van der Waals surface area contributed by atoms with E-state index < -0.39 is 17.7 Å². The van der Waals surface area contributed by atoms with E-state index in [2.05, 4.69) is 32.6 Å². The lowest BCUT2D eigenvalue weighted by molar-refractivity contribution is -0.140. The number of amides is 1. The number of likely N-dealkylation sites (N-methyl/N-ethyl adjacent to an activating group) is 1. The summed E-state index contributed by atoms with van der Waals surface area (Å²) in [6.45, 7) is 11.2. The first-order chi connectivity index (χ1) is 17.8. The van der Waals surface area contributed by atoms with Crippen molar-refractivity contribution in [3.05, 3.63) is 82.9 Å². The van der Waals surface area contributed by atoms with Gasteiger partial charge in [0.15, 0.2) is 0 Å². The zero-order valence-electron chi connectivity index (χ0n) is 22.3. The van der Waals surface area contributed by atoms with Crippen molar-refractivity contribution in [1.29, 1.82) is 0 Å². The van der Waals surface area contributed by atoms with Crippen LogP contribution < -0.4 is 4.74 Å². The number of rotatable bonds is 9. The van der Waals surface area contributed by atoms with Crippen molar-refractivity contribution in [3.63, 3.8) is 0 Å². The van der Waals surface area contributed by atoms with Crippen LogP contribution in [0.25, 0.3) is 16.5 Å². The van der Waals surface area contributed by atoms with Crippen molar-refractivity contribution in [3.8, 4) is 5.75 Å². The molecule has 0 bridgehead atoms. The van der Waals surface area contributed by atoms with Crippen LogP contribution >= 0.6 is 0 Å².